The predicted molar refractivity (Wildman–Crippen MR) is 133 cm³/mol. The molecule has 2 fully saturated rings. The van der Waals surface area contributed by atoms with Crippen LogP contribution in [0, 0.1) is 5.92 Å². The number of nitrogens with one attached hydrogen (secondary N) is 1. The van der Waals surface area contributed by atoms with Gasteiger partial charge in [-0.3, -0.25) is 14.6 Å². The van der Waals surface area contributed by atoms with Crippen molar-refractivity contribution in [1.29, 1.82) is 0 Å². The number of nitrogens with zero attached hydrogens (tertiary/aromatic N) is 2. The van der Waals surface area contributed by atoms with Crippen molar-refractivity contribution in [3.63, 3.8) is 0 Å². The zero-order chi connectivity index (χ0) is 24.8. The first-order chi connectivity index (χ1) is 17.0. The van der Waals surface area contributed by atoms with E-state index in [1.807, 2.05) is 36.4 Å². The number of hydrogen-bond donors (Lipinski definition) is 1. The summed E-state index contributed by atoms with van der Waals surface area (Å²) in [7, 11) is 4.86. The largest absolute Gasteiger partial charge is 0.497 e. The highest BCUT2D eigenvalue weighted by molar-refractivity contribution is 6.07. The minimum absolute atomic E-state index is 0.0322. The van der Waals surface area contributed by atoms with E-state index in [-0.39, 0.29) is 24.4 Å². The Morgan fingerprint density at radius 3 is 2.31 bits per heavy atom. The molecule has 1 atom stereocenters. The molecule has 188 valence electrons. The second-order valence-electron chi connectivity index (χ2n) is 9.28. The van der Waals surface area contributed by atoms with Crippen LogP contribution in [0.3, 0.4) is 0 Å². The lowest BCUT2D eigenvalue weighted by Crippen LogP contribution is -2.57. The SMILES string of the molecule is COCCN1C(=O)NC(Cc2cccc(OC)c2)(C2CCN(Cc3ccc(OC)cc3)CC2)C1=O. The van der Waals surface area contributed by atoms with Crippen LogP contribution < -0.4 is 14.8 Å². The minimum Gasteiger partial charge on any atom is -0.497 e. The fourth-order valence-electron chi connectivity index (χ4n) is 5.25. The molecule has 2 aromatic carbocycles. The summed E-state index contributed by atoms with van der Waals surface area (Å²) in [4.78, 5) is 30.4. The molecule has 1 unspecified atom stereocenters. The Morgan fingerprint density at radius 2 is 1.66 bits per heavy atom. The van der Waals surface area contributed by atoms with Crippen LogP contribution >= 0.6 is 0 Å². The molecule has 2 saturated heterocycles. The Labute approximate surface area is 207 Å². The van der Waals surface area contributed by atoms with Crippen LogP contribution in [0.1, 0.15) is 24.0 Å². The van der Waals surface area contributed by atoms with Crippen LogP contribution in [-0.2, 0) is 22.5 Å². The maximum atomic E-state index is 13.8. The zero-order valence-corrected chi connectivity index (χ0v) is 20.8. The number of urea groups is 1. The molecule has 35 heavy (non-hydrogen) atoms. The zero-order valence-electron chi connectivity index (χ0n) is 20.8. The average Bonchev–Trinajstić information content (AvgIpc) is 3.12. The normalized spacial score (nSPS) is 21.3. The lowest BCUT2D eigenvalue weighted by molar-refractivity contribution is -0.134. The van der Waals surface area contributed by atoms with Crippen molar-refractivity contribution in [3.8, 4) is 11.5 Å². The number of ether oxygens (including phenoxy) is 3. The first-order valence-corrected chi connectivity index (χ1v) is 12.1. The number of imide groups is 1. The molecule has 1 N–H and O–H groups in total. The van der Waals surface area contributed by atoms with Gasteiger partial charge in [0.15, 0.2) is 0 Å². The number of benzene rings is 2. The molecule has 0 aromatic heterocycles. The molecule has 4 rings (SSSR count). The maximum absolute atomic E-state index is 13.8. The standard InChI is InChI=1S/C27H35N3O5/c1-33-16-15-30-25(31)27(28-26(30)32,18-21-5-4-6-24(17-21)35-3)22-11-13-29(14-12-22)19-20-7-9-23(34-2)10-8-20/h4-10,17,22H,11-16,18-19H2,1-3H3,(H,28,32). The smallest absolute Gasteiger partial charge is 0.325 e. The van der Waals surface area contributed by atoms with Gasteiger partial charge < -0.3 is 19.5 Å². The van der Waals surface area contributed by atoms with E-state index in [1.54, 1.807) is 21.3 Å². The number of carbonyl (C=O) groups is 2. The van der Waals surface area contributed by atoms with Gasteiger partial charge >= 0.3 is 6.03 Å². The number of rotatable bonds is 10. The quantitative estimate of drug-likeness (QED) is 0.526. The first kappa shape index (κ1) is 25.0. The Balaban J connectivity index is 1.51. The minimum atomic E-state index is -0.969. The lowest BCUT2D eigenvalue weighted by Gasteiger charge is -2.41. The monoisotopic (exact) mass is 481 g/mol. The number of piperidine rings is 1. The van der Waals surface area contributed by atoms with Gasteiger partial charge in [-0.15, -0.1) is 0 Å². The summed E-state index contributed by atoms with van der Waals surface area (Å²) in [6.07, 6.45) is 2.08. The second-order valence-corrected chi connectivity index (χ2v) is 9.28. The molecule has 2 heterocycles. The molecular formula is C27H35N3O5. The molecule has 0 aliphatic carbocycles. The molecule has 2 aromatic rings. The van der Waals surface area contributed by atoms with Gasteiger partial charge in [0.25, 0.3) is 5.91 Å². The highest BCUT2D eigenvalue weighted by atomic mass is 16.5. The summed E-state index contributed by atoms with van der Waals surface area (Å²) in [5.74, 6) is 1.46. The van der Waals surface area contributed by atoms with E-state index in [2.05, 4.69) is 22.3 Å². The maximum Gasteiger partial charge on any atom is 0.325 e. The van der Waals surface area contributed by atoms with Gasteiger partial charge in [0.2, 0.25) is 0 Å². The number of methoxy groups -OCH3 is 3. The van der Waals surface area contributed by atoms with Crippen LogP contribution in [0.5, 0.6) is 11.5 Å². The van der Waals surface area contributed by atoms with Gasteiger partial charge in [0, 0.05) is 20.1 Å². The number of amides is 3. The van der Waals surface area contributed by atoms with Crippen LogP contribution in [0.2, 0.25) is 0 Å². The molecule has 8 heteroatoms. The van der Waals surface area contributed by atoms with Gasteiger partial charge in [-0.25, -0.2) is 4.79 Å². The molecule has 3 amide bonds. The Hall–Kier alpha value is -3.10. The molecule has 0 spiro atoms. The van der Waals surface area contributed by atoms with Gasteiger partial charge in [-0.1, -0.05) is 24.3 Å². The van der Waals surface area contributed by atoms with Gasteiger partial charge in [0.05, 0.1) is 27.4 Å². The van der Waals surface area contributed by atoms with E-state index in [1.165, 1.54) is 10.5 Å². The predicted octanol–water partition coefficient (Wildman–Crippen LogP) is 3.10. The van der Waals surface area contributed by atoms with Crippen molar-refractivity contribution in [2.75, 3.05) is 47.6 Å². The number of carbonyl (C=O) groups excluding carboxylic acids is 2. The summed E-state index contributed by atoms with van der Waals surface area (Å²) in [6, 6.07) is 15.5. The van der Waals surface area contributed by atoms with Crippen molar-refractivity contribution < 1.29 is 23.8 Å². The highest BCUT2D eigenvalue weighted by Crippen LogP contribution is 2.37. The lowest BCUT2D eigenvalue weighted by atomic mass is 9.74. The second kappa shape index (κ2) is 11.1. The summed E-state index contributed by atoms with van der Waals surface area (Å²) in [5.41, 5.74) is 1.22. The van der Waals surface area contributed by atoms with Gasteiger partial charge in [0.1, 0.15) is 17.0 Å². The van der Waals surface area contributed by atoms with Crippen molar-refractivity contribution in [2.24, 2.45) is 5.92 Å². The summed E-state index contributed by atoms with van der Waals surface area (Å²) >= 11 is 0. The molecule has 2 aliphatic heterocycles. The highest BCUT2D eigenvalue weighted by Gasteiger charge is 2.55. The molecule has 0 saturated carbocycles. The van der Waals surface area contributed by atoms with E-state index in [0.717, 1.165) is 49.5 Å². The number of likely N-dealkylation sites (tertiary alicyclic amines) is 1. The molecule has 8 nitrogen and oxygen atoms in total. The van der Waals surface area contributed by atoms with Gasteiger partial charge in [-0.2, -0.15) is 0 Å². The van der Waals surface area contributed by atoms with E-state index >= 15 is 0 Å². The fourth-order valence-corrected chi connectivity index (χ4v) is 5.25. The van der Waals surface area contributed by atoms with Crippen LogP contribution in [0.15, 0.2) is 48.5 Å². The Morgan fingerprint density at radius 1 is 0.943 bits per heavy atom. The van der Waals surface area contributed by atoms with Crippen LogP contribution in [0.4, 0.5) is 4.79 Å². The summed E-state index contributed by atoms with van der Waals surface area (Å²) in [6.45, 7) is 3.13. The third-order valence-corrected chi connectivity index (χ3v) is 7.19. The summed E-state index contributed by atoms with van der Waals surface area (Å²) in [5, 5.41) is 3.12. The van der Waals surface area contributed by atoms with Crippen LogP contribution in [0.25, 0.3) is 0 Å². The topological polar surface area (TPSA) is 80.3 Å². The van der Waals surface area contributed by atoms with E-state index in [4.69, 9.17) is 14.2 Å². The molecule has 0 bridgehead atoms. The molecular weight excluding hydrogens is 446 g/mol. The van der Waals surface area contributed by atoms with Crippen molar-refractivity contribution in [2.45, 2.75) is 31.3 Å². The van der Waals surface area contributed by atoms with Crippen molar-refractivity contribution in [3.05, 3.63) is 59.7 Å². The van der Waals surface area contributed by atoms with Gasteiger partial charge in [-0.05, 0) is 67.2 Å². The third-order valence-electron chi connectivity index (χ3n) is 7.19. The molecule has 2 aliphatic rings. The van der Waals surface area contributed by atoms with E-state index < -0.39 is 5.54 Å². The third kappa shape index (κ3) is 5.44. The average molecular weight is 482 g/mol. The van der Waals surface area contributed by atoms with E-state index in [0.29, 0.717) is 13.0 Å². The van der Waals surface area contributed by atoms with Crippen LogP contribution in [-0.4, -0.2) is 74.8 Å². The van der Waals surface area contributed by atoms with E-state index in [9.17, 15) is 9.59 Å². The fraction of sp³-hybridized carbons (Fsp3) is 0.481. The molecule has 0 radical (unpaired) electrons. The Bertz CT molecular complexity index is 1020. The first-order valence-electron chi connectivity index (χ1n) is 12.1. The Kier molecular flexibility index (Phi) is 7.93. The van der Waals surface area contributed by atoms with Crippen molar-refractivity contribution in [1.82, 2.24) is 15.1 Å². The summed E-state index contributed by atoms with van der Waals surface area (Å²) < 4.78 is 15.8. The number of hydrogen-bond acceptors (Lipinski definition) is 6. The van der Waals surface area contributed by atoms with Crippen molar-refractivity contribution >= 4 is 11.9 Å².